The predicted octanol–water partition coefficient (Wildman–Crippen LogP) is 4.29. The Kier molecular flexibility index (Phi) is 4.64. The summed E-state index contributed by atoms with van der Waals surface area (Å²) in [7, 11) is 0. The molecule has 0 unspecified atom stereocenters. The molecular formula is C25H18N2O3S. The topological polar surface area (TPSA) is 60.7 Å². The summed E-state index contributed by atoms with van der Waals surface area (Å²) in [6.07, 6.45) is 1.75. The first-order chi connectivity index (χ1) is 15.0. The Balaban J connectivity index is 1.60. The van der Waals surface area contributed by atoms with Crippen LogP contribution in [-0.4, -0.2) is 15.4 Å². The number of aromatic nitrogens is 2. The van der Waals surface area contributed by atoms with Gasteiger partial charge in [0.1, 0.15) is 5.75 Å². The van der Waals surface area contributed by atoms with E-state index in [1.54, 1.807) is 46.9 Å². The molecular weight excluding hydrogens is 408 g/mol. The summed E-state index contributed by atoms with van der Waals surface area (Å²) in [5.74, 6) is -0.0419. The number of benzene rings is 3. The van der Waals surface area contributed by atoms with Gasteiger partial charge in [-0.2, -0.15) is 0 Å². The summed E-state index contributed by atoms with van der Waals surface area (Å²) < 4.78 is 7.79. The van der Waals surface area contributed by atoms with E-state index >= 15 is 0 Å². The minimum Gasteiger partial charge on any atom is -0.422 e. The molecule has 0 aliphatic heterocycles. The SMILES string of the molecule is Cc1cc2nc3s/c(=C\c4ccccc4OC(=O)c4ccccc4)c(=O)n3c2cc1C. The van der Waals surface area contributed by atoms with Crippen molar-refractivity contribution in [2.24, 2.45) is 0 Å². The van der Waals surface area contributed by atoms with Crippen LogP contribution in [0.5, 0.6) is 5.75 Å². The minimum atomic E-state index is -0.443. The van der Waals surface area contributed by atoms with Crippen molar-refractivity contribution in [3.8, 4) is 5.75 Å². The first-order valence-electron chi connectivity index (χ1n) is 9.81. The van der Waals surface area contributed by atoms with E-state index in [0.717, 1.165) is 22.2 Å². The van der Waals surface area contributed by atoms with Crippen molar-refractivity contribution in [2.45, 2.75) is 13.8 Å². The average Bonchev–Trinajstić information content (AvgIpc) is 3.26. The van der Waals surface area contributed by atoms with Crippen LogP contribution in [0.4, 0.5) is 0 Å². The minimum absolute atomic E-state index is 0.130. The normalized spacial score (nSPS) is 12.0. The van der Waals surface area contributed by atoms with Crippen molar-refractivity contribution >= 4 is 39.4 Å². The molecule has 31 heavy (non-hydrogen) atoms. The van der Waals surface area contributed by atoms with Gasteiger partial charge in [0.2, 0.25) is 0 Å². The number of imidazole rings is 1. The molecule has 5 nitrogen and oxygen atoms in total. The number of para-hydroxylation sites is 1. The first kappa shape index (κ1) is 19.2. The quantitative estimate of drug-likeness (QED) is 0.319. The summed E-state index contributed by atoms with van der Waals surface area (Å²) in [4.78, 5) is 30.9. The van der Waals surface area contributed by atoms with Gasteiger partial charge in [-0.1, -0.05) is 47.7 Å². The van der Waals surface area contributed by atoms with Gasteiger partial charge in [0.15, 0.2) is 4.96 Å². The number of esters is 1. The maximum Gasteiger partial charge on any atom is 0.343 e. The molecule has 0 N–H and O–H groups in total. The van der Waals surface area contributed by atoms with Crippen molar-refractivity contribution in [3.05, 3.63) is 104 Å². The van der Waals surface area contributed by atoms with Gasteiger partial charge < -0.3 is 4.74 Å². The smallest absolute Gasteiger partial charge is 0.343 e. The Morgan fingerprint density at radius 2 is 1.71 bits per heavy atom. The maximum atomic E-state index is 13.2. The third-order valence-electron chi connectivity index (χ3n) is 5.27. The number of carbonyl (C=O) groups excluding carboxylic acids is 1. The number of fused-ring (bicyclic) bond motifs is 3. The number of ether oxygens (including phenoxy) is 1. The summed E-state index contributed by atoms with van der Waals surface area (Å²) in [5.41, 5.74) is 4.88. The lowest BCUT2D eigenvalue weighted by atomic mass is 10.1. The van der Waals surface area contributed by atoms with Crippen LogP contribution in [0.2, 0.25) is 0 Å². The van der Waals surface area contributed by atoms with Crippen LogP contribution in [-0.2, 0) is 0 Å². The molecule has 0 spiro atoms. The van der Waals surface area contributed by atoms with Gasteiger partial charge in [-0.15, -0.1) is 0 Å². The monoisotopic (exact) mass is 426 g/mol. The zero-order valence-electron chi connectivity index (χ0n) is 17.0. The van der Waals surface area contributed by atoms with Crippen LogP contribution in [0, 0.1) is 13.8 Å². The Morgan fingerprint density at radius 1 is 1.00 bits per heavy atom. The number of thiazole rings is 1. The maximum absolute atomic E-state index is 13.2. The van der Waals surface area contributed by atoms with E-state index < -0.39 is 5.97 Å². The van der Waals surface area contributed by atoms with E-state index in [2.05, 4.69) is 4.98 Å². The fourth-order valence-corrected chi connectivity index (χ4v) is 4.46. The molecule has 0 atom stereocenters. The van der Waals surface area contributed by atoms with Gasteiger partial charge >= 0.3 is 5.97 Å². The van der Waals surface area contributed by atoms with Crippen molar-refractivity contribution in [3.63, 3.8) is 0 Å². The first-order valence-corrected chi connectivity index (χ1v) is 10.6. The van der Waals surface area contributed by atoms with E-state index in [0.29, 0.717) is 26.4 Å². The molecule has 0 radical (unpaired) electrons. The van der Waals surface area contributed by atoms with Gasteiger partial charge in [-0.3, -0.25) is 4.79 Å². The second-order valence-corrected chi connectivity index (χ2v) is 8.37. The van der Waals surface area contributed by atoms with Gasteiger partial charge in [0.25, 0.3) is 5.56 Å². The molecule has 0 amide bonds. The highest BCUT2D eigenvalue weighted by molar-refractivity contribution is 7.15. The van der Waals surface area contributed by atoms with Crippen LogP contribution in [0.25, 0.3) is 22.1 Å². The molecule has 0 aliphatic rings. The van der Waals surface area contributed by atoms with Crippen molar-refractivity contribution < 1.29 is 9.53 Å². The molecule has 5 rings (SSSR count). The lowest BCUT2D eigenvalue weighted by molar-refractivity contribution is 0.0734. The largest absolute Gasteiger partial charge is 0.422 e. The van der Waals surface area contributed by atoms with Crippen molar-refractivity contribution in [2.75, 3.05) is 0 Å². The highest BCUT2D eigenvalue weighted by Gasteiger charge is 2.14. The van der Waals surface area contributed by atoms with Crippen LogP contribution in [0.1, 0.15) is 27.0 Å². The third-order valence-corrected chi connectivity index (χ3v) is 6.24. The lowest BCUT2D eigenvalue weighted by Gasteiger charge is -2.07. The predicted molar refractivity (Wildman–Crippen MR) is 123 cm³/mol. The summed E-state index contributed by atoms with van der Waals surface area (Å²) in [6, 6.07) is 20.0. The van der Waals surface area contributed by atoms with Gasteiger partial charge in [-0.25, -0.2) is 14.2 Å². The fraction of sp³-hybridized carbons (Fsp3) is 0.0800. The Hall–Kier alpha value is -3.77. The number of hydrogen-bond acceptors (Lipinski definition) is 5. The Labute approximate surface area is 181 Å². The van der Waals surface area contributed by atoms with Crippen LogP contribution in [0.15, 0.2) is 71.5 Å². The summed E-state index contributed by atoms with van der Waals surface area (Å²) >= 11 is 1.32. The second-order valence-electron chi connectivity index (χ2n) is 7.36. The number of carbonyl (C=O) groups is 1. The zero-order chi connectivity index (χ0) is 21.5. The average molecular weight is 426 g/mol. The van der Waals surface area contributed by atoms with Crippen LogP contribution >= 0.6 is 11.3 Å². The molecule has 0 aliphatic carbocycles. The fourth-order valence-electron chi connectivity index (χ4n) is 3.49. The molecule has 2 aromatic heterocycles. The molecule has 2 heterocycles. The van der Waals surface area contributed by atoms with Gasteiger partial charge in [0, 0.05) is 5.56 Å². The number of nitrogens with zero attached hydrogens (tertiary/aromatic N) is 2. The molecule has 3 aromatic carbocycles. The van der Waals surface area contributed by atoms with E-state index in [9.17, 15) is 9.59 Å². The van der Waals surface area contributed by atoms with Gasteiger partial charge in [0.05, 0.1) is 21.1 Å². The number of aryl methyl sites for hydroxylation is 2. The van der Waals surface area contributed by atoms with Gasteiger partial charge in [-0.05, 0) is 61.4 Å². The van der Waals surface area contributed by atoms with Crippen LogP contribution < -0.4 is 14.8 Å². The molecule has 0 saturated carbocycles. The number of rotatable bonds is 3. The van der Waals surface area contributed by atoms with Crippen molar-refractivity contribution in [1.82, 2.24) is 9.38 Å². The summed E-state index contributed by atoms with van der Waals surface area (Å²) in [5, 5.41) is 0. The zero-order valence-corrected chi connectivity index (χ0v) is 17.8. The highest BCUT2D eigenvalue weighted by atomic mass is 32.1. The molecule has 0 bridgehead atoms. The molecule has 0 fully saturated rings. The van der Waals surface area contributed by atoms with Crippen LogP contribution in [0.3, 0.4) is 0 Å². The molecule has 0 saturated heterocycles. The Morgan fingerprint density at radius 3 is 2.52 bits per heavy atom. The standard InChI is InChI=1S/C25H18N2O3S/c1-15-12-19-20(13-16(15)2)27-23(28)22(31-25(27)26-19)14-18-10-6-7-11-21(18)30-24(29)17-8-4-3-5-9-17/h3-14H,1-2H3/b22-14-. The molecule has 152 valence electrons. The van der Waals surface area contributed by atoms with Crippen molar-refractivity contribution in [1.29, 1.82) is 0 Å². The number of hydrogen-bond donors (Lipinski definition) is 0. The molecule has 6 heteroatoms. The molecule has 5 aromatic rings. The lowest BCUT2D eigenvalue weighted by Crippen LogP contribution is -2.22. The Bertz CT molecular complexity index is 1570. The van der Waals surface area contributed by atoms with E-state index in [1.165, 1.54) is 11.3 Å². The van der Waals surface area contributed by atoms with E-state index in [4.69, 9.17) is 4.74 Å². The second kappa shape index (κ2) is 7.49. The highest BCUT2D eigenvalue weighted by Crippen LogP contribution is 2.22. The van der Waals surface area contributed by atoms with E-state index in [-0.39, 0.29) is 5.56 Å². The van der Waals surface area contributed by atoms with E-state index in [1.807, 2.05) is 44.2 Å². The summed E-state index contributed by atoms with van der Waals surface area (Å²) in [6.45, 7) is 4.06. The third kappa shape index (κ3) is 3.41.